The third-order valence-electron chi connectivity index (χ3n) is 3.20. The van der Waals surface area contributed by atoms with Crippen LogP contribution in [0, 0.1) is 5.82 Å². The van der Waals surface area contributed by atoms with Crippen molar-refractivity contribution in [2.24, 2.45) is 0 Å². The van der Waals surface area contributed by atoms with Crippen LogP contribution in [-0.2, 0) is 10.1 Å². The van der Waals surface area contributed by atoms with Gasteiger partial charge in [0.05, 0.1) is 16.9 Å². The van der Waals surface area contributed by atoms with Gasteiger partial charge in [-0.15, -0.1) is 0 Å². The molecule has 0 bridgehead atoms. The summed E-state index contributed by atoms with van der Waals surface area (Å²) in [5, 5.41) is 0.671. The average Bonchev–Trinajstić information content (AvgIpc) is 2.24. The van der Waals surface area contributed by atoms with Crippen LogP contribution in [0.2, 0.25) is 0 Å². The first-order chi connectivity index (χ1) is 8.72. The maximum Gasteiger partial charge on any atom is 0.146 e. The van der Waals surface area contributed by atoms with Crippen LogP contribution in [0.3, 0.4) is 0 Å². The molecule has 0 unspecified atom stereocenters. The number of halogens is 2. The molecule has 2 rings (SSSR count). The fourth-order valence-corrected chi connectivity index (χ4v) is 3.20. The van der Waals surface area contributed by atoms with Gasteiger partial charge >= 0.3 is 0 Å². The van der Waals surface area contributed by atoms with Crippen LogP contribution in [0.25, 0.3) is 0 Å². The molecule has 0 saturated carbocycles. The van der Waals surface area contributed by atoms with Gasteiger partial charge in [-0.2, -0.15) is 0 Å². The van der Waals surface area contributed by atoms with Crippen molar-refractivity contribution in [2.75, 3.05) is 18.0 Å². The quantitative estimate of drug-likeness (QED) is 0.757. The second kappa shape index (κ2) is 5.06. The van der Waals surface area contributed by atoms with E-state index in [1.54, 1.807) is 6.07 Å². The molecule has 0 spiro atoms. The fraction of sp³-hybridized carbons (Fsp3) is 0.600. The zero-order chi connectivity index (χ0) is 14.3. The van der Waals surface area contributed by atoms with Crippen molar-refractivity contribution >= 4 is 21.6 Å². The second-order valence-electron chi connectivity index (χ2n) is 6.40. The van der Waals surface area contributed by atoms with E-state index in [9.17, 15) is 4.39 Å². The molecule has 1 aromatic carbocycles. The number of rotatable bonds is 2. The Balaban J connectivity index is 2.31. The molecular formula is C15H21BrFNO. The summed E-state index contributed by atoms with van der Waals surface area (Å²) in [6.07, 6.45) is 0. The first-order valence-electron chi connectivity index (χ1n) is 6.52. The molecule has 0 aliphatic carbocycles. The average molecular weight is 330 g/mol. The Morgan fingerprint density at radius 1 is 1.21 bits per heavy atom. The Bertz CT molecular complexity index is 457. The van der Waals surface area contributed by atoms with Gasteiger partial charge in [0.2, 0.25) is 0 Å². The second-order valence-corrected chi connectivity index (χ2v) is 6.96. The molecule has 1 aromatic rings. The summed E-state index contributed by atoms with van der Waals surface area (Å²) in [5.41, 5.74) is 1.06. The van der Waals surface area contributed by atoms with Crippen LogP contribution in [0.1, 0.15) is 33.3 Å². The van der Waals surface area contributed by atoms with Crippen molar-refractivity contribution in [1.82, 2.24) is 0 Å². The van der Waals surface area contributed by atoms with Gasteiger partial charge in [-0.25, -0.2) is 4.39 Å². The molecule has 1 aliphatic rings. The molecule has 0 atom stereocenters. The van der Waals surface area contributed by atoms with Gasteiger partial charge in [0.15, 0.2) is 0 Å². The Morgan fingerprint density at radius 2 is 1.79 bits per heavy atom. The van der Waals surface area contributed by atoms with Crippen molar-refractivity contribution in [3.63, 3.8) is 0 Å². The first-order valence-corrected chi connectivity index (χ1v) is 7.64. The van der Waals surface area contributed by atoms with Crippen LogP contribution in [0.15, 0.2) is 18.2 Å². The number of hydrogen-bond donors (Lipinski definition) is 0. The Morgan fingerprint density at radius 3 is 2.26 bits per heavy atom. The number of ether oxygens (including phenoxy) is 1. The fourth-order valence-electron chi connectivity index (χ4n) is 2.85. The molecule has 4 heteroatoms. The molecule has 19 heavy (non-hydrogen) atoms. The lowest BCUT2D eigenvalue weighted by Gasteiger charge is -2.48. The number of morpholine rings is 1. The van der Waals surface area contributed by atoms with E-state index < -0.39 is 0 Å². The van der Waals surface area contributed by atoms with Crippen LogP contribution >= 0.6 is 15.9 Å². The smallest absolute Gasteiger partial charge is 0.146 e. The number of benzene rings is 1. The summed E-state index contributed by atoms with van der Waals surface area (Å²) >= 11 is 3.35. The Kier molecular flexibility index (Phi) is 3.94. The highest BCUT2D eigenvalue weighted by Gasteiger charge is 2.38. The van der Waals surface area contributed by atoms with Gasteiger partial charge < -0.3 is 9.64 Å². The van der Waals surface area contributed by atoms with Gasteiger partial charge in [-0.05, 0) is 45.4 Å². The minimum atomic E-state index is -0.276. The zero-order valence-electron chi connectivity index (χ0n) is 12.0. The van der Waals surface area contributed by atoms with E-state index in [-0.39, 0.29) is 17.0 Å². The molecule has 1 aliphatic heterocycles. The Labute approximate surface area is 123 Å². The highest BCUT2D eigenvalue weighted by Crippen LogP contribution is 2.32. The molecule has 106 valence electrons. The third-order valence-corrected chi connectivity index (χ3v) is 3.85. The van der Waals surface area contributed by atoms with Crippen molar-refractivity contribution < 1.29 is 9.13 Å². The van der Waals surface area contributed by atoms with Crippen molar-refractivity contribution in [3.8, 4) is 0 Å². The van der Waals surface area contributed by atoms with Gasteiger partial charge in [-0.3, -0.25) is 0 Å². The summed E-state index contributed by atoms with van der Waals surface area (Å²) in [6, 6.07) is 5.42. The highest BCUT2D eigenvalue weighted by molar-refractivity contribution is 9.08. The maximum atomic E-state index is 14.2. The lowest BCUT2D eigenvalue weighted by molar-refractivity contribution is -0.133. The number of anilines is 1. The lowest BCUT2D eigenvalue weighted by atomic mass is 9.98. The van der Waals surface area contributed by atoms with Crippen LogP contribution in [-0.4, -0.2) is 24.3 Å². The van der Waals surface area contributed by atoms with Crippen LogP contribution in [0.5, 0.6) is 0 Å². The van der Waals surface area contributed by atoms with E-state index in [1.165, 1.54) is 0 Å². The summed E-state index contributed by atoms with van der Waals surface area (Å²) in [5.74, 6) is -0.162. The molecule has 1 saturated heterocycles. The SMILES string of the molecule is CC1(C)CN(c2ccc(CBr)cc2F)CC(C)(C)O1. The number of hydrogen-bond acceptors (Lipinski definition) is 2. The summed E-state index contributed by atoms with van der Waals surface area (Å²) in [4.78, 5) is 2.08. The monoisotopic (exact) mass is 329 g/mol. The predicted octanol–water partition coefficient (Wildman–Crippen LogP) is 4.11. The first kappa shape index (κ1) is 14.8. The predicted molar refractivity (Wildman–Crippen MR) is 80.5 cm³/mol. The van der Waals surface area contributed by atoms with E-state index >= 15 is 0 Å². The minimum Gasteiger partial charge on any atom is -0.366 e. The van der Waals surface area contributed by atoms with E-state index in [1.807, 2.05) is 39.8 Å². The van der Waals surface area contributed by atoms with Gasteiger partial charge in [-0.1, -0.05) is 22.0 Å². The summed E-state index contributed by atoms with van der Waals surface area (Å²) in [6.45, 7) is 9.58. The molecule has 1 heterocycles. The van der Waals surface area contributed by atoms with Gasteiger partial charge in [0.25, 0.3) is 0 Å². The van der Waals surface area contributed by atoms with Crippen molar-refractivity contribution in [3.05, 3.63) is 29.6 Å². The zero-order valence-corrected chi connectivity index (χ0v) is 13.6. The highest BCUT2D eigenvalue weighted by atomic mass is 79.9. The van der Waals surface area contributed by atoms with Crippen LogP contribution in [0.4, 0.5) is 10.1 Å². The minimum absolute atomic E-state index is 0.162. The van der Waals surface area contributed by atoms with Crippen LogP contribution < -0.4 is 4.90 Å². The van der Waals surface area contributed by atoms with Crippen molar-refractivity contribution in [2.45, 2.75) is 44.2 Å². The molecule has 0 aromatic heterocycles. The third kappa shape index (κ3) is 3.48. The molecule has 2 nitrogen and oxygen atoms in total. The van der Waals surface area contributed by atoms with Gasteiger partial charge in [0, 0.05) is 18.4 Å². The molecular weight excluding hydrogens is 309 g/mol. The molecule has 0 amide bonds. The maximum absolute atomic E-state index is 14.2. The molecule has 0 radical (unpaired) electrons. The number of alkyl halides is 1. The van der Waals surface area contributed by atoms with E-state index in [4.69, 9.17) is 4.74 Å². The van der Waals surface area contributed by atoms with E-state index in [0.29, 0.717) is 24.1 Å². The number of nitrogens with zero attached hydrogens (tertiary/aromatic N) is 1. The normalized spacial score (nSPS) is 21.5. The molecule has 1 fully saturated rings. The molecule has 0 N–H and O–H groups in total. The topological polar surface area (TPSA) is 12.5 Å². The van der Waals surface area contributed by atoms with Crippen molar-refractivity contribution in [1.29, 1.82) is 0 Å². The Hall–Kier alpha value is -0.610. The largest absolute Gasteiger partial charge is 0.366 e. The standard InChI is InChI=1S/C15H21BrFNO/c1-14(2)9-18(10-15(3,4)19-14)13-6-5-11(8-16)7-12(13)17/h5-7H,8-10H2,1-4H3. The summed E-state index contributed by atoms with van der Waals surface area (Å²) < 4.78 is 20.2. The van der Waals surface area contributed by atoms with Gasteiger partial charge in [0.1, 0.15) is 5.82 Å². The van der Waals surface area contributed by atoms with E-state index in [0.717, 1.165) is 5.56 Å². The lowest BCUT2D eigenvalue weighted by Crippen LogP contribution is -2.57. The van der Waals surface area contributed by atoms with E-state index in [2.05, 4.69) is 20.8 Å². The summed E-state index contributed by atoms with van der Waals surface area (Å²) in [7, 11) is 0.